The molecule has 1 aliphatic heterocycles. The van der Waals surface area contributed by atoms with Crippen LogP contribution in [0.1, 0.15) is 31.4 Å². The fourth-order valence-electron chi connectivity index (χ4n) is 3.90. The lowest BCUT2D eigenvalue weighted by atomic mass is 9.79. The van der Waals surface area contributed by atoms with Crippen LogP contribution in [-0.2, 0) is 16.0 Å². The number of nitrogens with one attached hydrogen (secondary N) is 1. The number of hydrogen-bond acceptors (Lipinski definition) is 2. The zero-order valence-corrected chi connectivity index (χ0v) is 16.4. The predicted octanol–water partition coefficient (Wildman–Crippen LogP) is 3.58. The molecule has 0 aromatic heterocycles. The second kappa shape index (κ2) is 7.95. The first-order valence-electron chi connectivity index (χ1n) is 9.63. The molecule has 2 amide bonds. The summed E-state index contributed by atoms with van der Waals surface area (Å²) in [5, 5.41) is 2.98. The van der Waals surface area contributed by atoms with E-state index in [0.29, 0.717) is 32.5 Å². The maximum atomic E-state index is 12.9. The molecule has 4 nitrogen and oxygen atoms in total. The topological polar surface area (TPSA) is 49.4 Å². The Morgan fingerprint density at radius 1 is 1.11 bits per heavy atom. The normalized spacial score (nSPS) is 19.1. The van der Waals surface area contributed by atoms with E-state index in [-0.39, 0.29) is 11.8 Å². The monoisotopic (exact) mass is 364 g/mol. The predicted molar refractivity (Wildman–Crippen MR) is 108 cm³/mol. The number of carbonyl (C=O) groups excluding carboxylic acids is 2. The van der Waals surface area contributed by atoms with Crippen LogP contribution in [0.2, 0.25) is 0 Å². The Morgan fingerprint density at radius 3 is 2.48 bits per heavy atom. The molecule has 2 aromatic rings. The third kappa shape index (κ3) is 4.21. The van der Waals surface area contributed by atoms with Crippen LogP contribution in [0.3, 0.4) is 0 Å². The Morgan fingerprint density at radius 2 is 1.85 bits per heavy atom. The number of nitrogens with zero attached hydrogens (tertiary/aromatic N) is 1. The minimum Gasteiger partial charge on any atom is -0.356 e. The van der Waals surface area contributed by atoms with Crippen LogP contribution in [0.25, 0.3) is 11.1 Å². The fourth-order valence-corrected chi connectivity index (χ4v) is 3.90. The molecular weight excluding hydrogens is 336 g/mol. The Balaban J connectivity index is 1.88. The van der Waals surface area contributed by atoms with Crippen molar-refractivity contribution in [1.82, 2.24) is 10.2 Å². The molecule has 1 N–H and O–H groups in total. The van der Waals surface area contributed by atoms with Crippen molar-refractivity contribution in [2.75, 3.05) is 19.6 Å². The van der Waals surface area contributed by atoms with Crippen molar-refractivity contribution in [2.24, 2.45) is 5.41 Å². The molecule has 27 heavy (non-hydrogen) atoms. The highest BCUT2D eigenvalue weighted by atomic mass is 16.2. The lowest BCUT2D eigenvalue weighted by Crippen LogP contribution is -2.45. The van der Waals surface area contributed by atoms with E-state index in [2.05, 4.69) is 54.7 Å². The van der Waals surface area contributed by atoms with E-state index >= 15 is 0 Å². The molecule has 1 aliphatic rings. The summed E-state index contributed by atoms with van der Waals surface area (Å²) in [6.07, 6.45) is 1.34. The van der Waals surface area contributed by atoms with E-state index in [1.165, 1.54) is 11.1 Å². The number of likely N-dealkylation sites (tertiary alicyclic amines) is 1. The highest BCUT2D eigenvalue weighted by molar-refractivity contribution is 5.85. The maximum Gasteiger partial charge on any atom is 0.228 e. The molecule has 1 atom stereocenters. The van der Waals surface area contributed by atoms with Gasteiger partial charge in [0.2, 0.25) is 11.8 Å². The fraction of sp³-hybridized carbons (Fsp3) is 0.391. The van der Waals surface area contributed by atoms with Gasteiger partial charge in [-0.1, -0.05) is 54.1 Å². The third-order valence-corrected chi connectivity index (χ3v) is 5.47. The number of benzene rings is 2. The summed E-state index contributed by atoms with van der Waals surface area (Å²) in [5.41, 5.74) is 4.14. The zero-order chi connectivity index (χ0) is 19.4. The minimum atomic E-state index is -0.548. The van der Waals surface area contributed by atoms with Gasteiger partial charge in [-0.2, -0.15) is 0 Å². The van der Waals surface area contributed by atoms with Gasteiger partial charge in [-0.25, -0.2) is 0 Å². The number of carbonyl (C=O) groups is 2. The molecule has 2 aromatic carbocycles. The van der Waals surface area contributed by atoms with Gasteiger partial charge < -0.3 is 10.2 Å². The number of aryl methyl sites for hydroxylation is 1. The SMILES string of the molecule is CCNC(=O)C1(Cc2cccc(-c3ccc(C)cc3)c2)CCN(C(C)=O)C1. The van der Waals surface area contributed by atoms with Crippen molar-refractivity contribution in [1.29, 1.82) is 0 Å². The average Bonchev–Trinajstić information content (AvgIpc) is 3.08. The Hall–Kier alpha value is -2.62. The molecule has 0 spiro atoms. The third-order valence-electron chi connectivity index (χ3n) is 5.47. The van der Waals surface area contributed by atoms with Gasteiger partial charge in [0.1, 0.15) is 0 Å². The molecule has 0 aliphatic carbocycles. The van der Waals surface area contributed by atoms with E-state index in [4.69, 9.17) is 0 Å². The van der Waals surface area contributed by atoms with Crippen LogP contribution >= 0.6 is 0 Å². The Bertz CT molecular complexity index is 829. The summed E-state index contributed by atoms with van der Waals surface area (Å²) in [6, 6.07) is 16.9. The molecule has 3 rings (SSSR count). The van der Waals surface area contributed by atoms with Crippen molar-refractivity contribution in [3.8, 4) is 11.1 Å². The van der Waals surface area contributed by atoms with E-state index in [0.717, 1.165) is 11.1 Å². The largest absolute Gasteiger partial charge is 0.356 e. The summed E-state index contributed by atoms with van der Waals surface area (Å²) in [4.78, 5) is 26.5. The molecule has 1 unspecified atom stereocenters. The molecule has 0 saturated carbocycles. The highest BCUT2D eigenvalue weighted by Crippen LogP contribution is 2.35. The smallest absolute Gasteiger partial charge is 0.228 e. The van der Waals surface area contributed by atoms with Gasteiger partial charge >= 0.3 is 0 Å². The Kier molecular flexibility index (Phi) is 5.64. The van der Waals surface area contributed by atoms with E-state index in [9.17, 15) is 9.59 Å². The zero-order valence-electron chi connectivity index (χ0n) is 16.4. The van der Waals surface area contributed by atoms with Crippen LogP contribution in [0, 0.1) is 12.3 Å². The molecular formula is C23H28N2O2. The molecule has 0 bridgehead atoms. The Labute approximate surface area is 161 Å². The van der Waals surface area contributed by atoms with Gasteiger partial charge in [-0.05, 0) is 43.4 Å². The summed E-state index contributed by atoms with van der Waals surface area (Å²) < 4.78 is 0. The quantitative estimate of drug-likeness (QED) is 0.882. The number of amides is 2. The second-order valence-corrected chi connectivity index (χ2v) is 7.57. The van der Waals surface area contributed by atoms with Crippen LogP contribution in [-0.4, -0.2) is 36.3 Å². The van der Waals surface area contributed by atoms with Gasteiger partial charge in [0.25, 0.3) is 0 Å². The van der Waals surface area contributed by atoms with Crippen molar-refractivity contribution < 1.29 is 9.59 Å². The summed E-state index contributed by atoms with van der Waals surface area (Å²) in [5.74, 6) is 0.0871. The number of hydrogen-bond donors (Lipinski definition) is 1. The summed E-state index contributed by atoms with van der Waals surface area (Å²) in [7, 11) is 0. The van der Waals surface area contributed by atoms with Crippen molar-refractivity contribution in [2.45, 2.75) is 33.6 Å². The second-order valence-electron chi connectivity index (χ2n) is 7.57. The summed E-state index contributed by atoms with van der Waals surface area (Å²) >= 11 is 0. The molecule has 142 valence electrons. The lowest BCUT2D eigenvalue weighted by molar-refractivity contribution is -0.132. The first kappa shape index (κ1) is 19.2. The molecule has 1 saturated heterocycles. The van der Waals surface area contributed by atoms with Gasteiger partial charge in [0.05, 0.1) is 5.41 Å². The van der Waals surface area contributed by atoms with E-state index in [1.807, 2.05) is 13.0 Å². The van der Waals surface area contributed by atoms with Crippen LogP contribution in [0.5, 0.6) is 0 Å². The number of rotatable bonds is 5. The molecule has 0 radical (unpaired) electrons. The first-order chi connectivity index (χ1) is 12.9. The van der Waals surface area contributed by atoms with Crippen molar-refractivity contribution in [3.63, 3.8) is 0 Å². The highest BCUT2D eigenvalue weighted by Gasteiger charge is 2.45. The van der Waals surface area contributed by atoms with Crippen LogP contribution < -0.4 is 5.32 Å². The minimum absolute atomic E-state index is 0.0366. The van der Waals surface area contributed by atoms with E-state index in [1.54, 1.807) is 11.8 Å². The van der Waals surface area contributed by atoms with Crippen molar-refractivity contribution in [3.05, 3.63) is 59.7 Å². The van der Waals surface area contributed by atoms with Crippen molar-refractivity contribution >= 4 is 11.8 Å². The van der Waals surface area contributed by atoms with E-state index < -0.39 is 5.41 Å². The standard InChI is InChI=1S/C23H28N2O2/c1-4-24-22(27)23(12-13-25(16-23)18(3)26)15-19-6-5-7-21(14-19)20-10-8-17(2)9-11-20/h5-11,14H,4,12-13,15-16H2,1-3H3,(H,24,27). The van der Waals surface area contributed by atoms with Crippen LogP contribution in [0.4, 0.5) is 0 Å². The average molecular weight is 364 g/mol. The van der Waals surface area contributed by atoms with Gasteiger partial charge in [0.15, 0.2) is 0 Å². The molecule has 4 heteroatoms. The molecule has 1 fully saturated rings. The first-order valence-corrected chi connectivity index (χ1v) is 9.63. The molecule has 1 heterocycles. The van der Waals surface area contributed by atoms with Gasteiger partial charge in [-0.3, -0.25) is 9.59 Å². The van der Waals surface area contributed by atoms with Crippen LogP contribution in [0.15, 0.2) is 48.5 Å². The van der Waals surface area contributed by atoms with Gasteiger partial charge in [0, 0.05) is 26.6 Å². The summed E-state index contributed by atoms with van der Waals surface area (Å²) in [6.45, 7) is 7.32. The lowest BCUT2D eigenvalue weighted by Gasteiger charge is -2.28. The van der Waals surface area contributed by atoms with Gasteiger partial charge in [-0.15, -0.1) is 0 Å². The maximum absolute atomic E-state index is 12.9.